The van der Waals surface area contributed by atoms with Crippen molar-refractivity contribution < 1.29 is 29.5 Å². The summed E-state index contributed by atoms with van der Waals surface area (Å²) in [5, 5.41) is 29.5. The maximum Gasteiger partial charge on any atom is 0.323 e. The molecule has 11 heteroatoms. The highest BCUT2D eigenvalue weighted by atomic mass is 32.2. The van der Waals surface area contributed by atoms with Gasteiger partial charge in [-0.3, -0.25) is 24.6 Å². The lowest BCUT2D eigenvalue weighted by Crippen LogP contribution is -2.33. The molecule has 9 nitrogen and oxygen atoms in total. The van der Waals surface area contributed by atoms with Gasteiger partial charge in [-0.25, -0.2) is 0 Å². The van der Waals surface area contributed by atoms with Crippen LogP contribution in [0.4, 0.5) is 5.69 Å². The number of rotatable bonds is 5. The molecular weight excluding hydrogens is 360 g/mol. The van der Waals surface area contributed by atoms with Crippen molar-refractivity contribution in [1.29, 1.82) is 0 Å². The fourth-order valence-corrected chi connectivity index (χ4v) is 3.17. The lowest BCUT2D eigenvalue weighted by atomic mass is 10.1. The first kappa shape index (κ1) is 17.7. The maximum absolute atomic E-state index is 12.2. The molecule has 1 aromatic carbocycles. The molecule has 1 heterocycles. The van der Waals surface area contributed by atoms with E-state index in [0.29, 0.717) is 0 Å². The Morgan fingerprint density at radius 1 is 1.54 bits per heavy atom. The number of nitro groups is 1. The summed E-state index contributed by atoms with van der Waals surface area (Å²) < 4.78 is 4.95. The molecule has 1 aliphatic rings. The molecule has 0 aromatic heterocycles. The average Bonchev–Trinajstić information content (AvgIpc) is 2.75. The zero-order valence-corrected chi connectivity index (χ0v) is 13.7. The third kappa shape index (κ3) is 3.46. The van der Waals surface area contributed by atoms with Crippen LogP contribution >= 0.6 is 24.0 Å². The van der Waals surface area contributed by atoms with E-state index < -0.39 is 34.8 Å². The minimum absolute atomic E-state index is 0.0777. The second-order valence-corrected chi connectivity index (χ2v) is 6.19. The van der Waals surface area contributed by atoms with Crippen LogP contribution in [0.5, 0.6) is 11.5 Å². The Kier molecular flexibility index (Phi) is 5.04. The number of phenolic OH excluding ortho intramolecular Hbond substituents is 1. The third-order valence-electron chi connectivity index (χ3n) is 2.96. The van der Waals surface area contributed by atoms with Gasteiger partial charge in [0.25, 0.3) is 5.91 Å². The lowest BCUT2D eigenvalue weighted by molar-refractivity contribution is -0.386. The molecule has 0 aliphatic carbocycles. The summed E-state index contributed by atoms with van der Waals surface area (Å²) in [5.41, 5.74) is -0.353. The molecule has 24 heavy (non-hydrogen) atoms. The number of carbonyl (C=O) groups is 2. The molecule has 1 aliphatic heterocycles. The van der Waals surface area contributed by atoms with Gasteiger partial charge in [-0.05, 0) is 17.7 Å². The number of carbonyl (C=O) groups excluding carboxylic acids is 1. The molecule has 0 unspecified atom stereocenters. The number of benzene rings is 1. The summed E-state index contributed by atoms with van der Waals surface area (Å²) in [6.45, 7) is -0.568. The highest BCUT2D eigenvalue weighted by Gasteiger charge is 2.33. The molecular formula is C13H10N2O7S2. The van der Waals surface area contributed by atoms with E-state index >= 15 is 0 Å². The van der Waals surface area contributed by atoms with Crippen LogP contribution < -0.4 is 4.74 Å². The number of methoxy groups -OCH3 is 1. The molecule has 2 N–H and O–H groups in total. The van der Waals surface area contributed by atoms with Crippen LogP contribution in [0.25, 0.3) is 6.08 Å². The van der Waals surface area contributed by atoms with E-state index in [1.54, 1.807) is 0 Å². The van der Waals surface area contributed by atoms with Crippen molar-refractivity contribution in [3.05, 3.63) is 32.7 Å². The lowest BCUT2D eigenvalue weighted by Gasteiger charge is -2.10. The van der Waals surface area contributed by atoms with Gasteiger partial charge in [0.05, 0.1) is 16.9 Å². The van der Waals surface area contributed by atoms with Crippen molar-refractivity contribution in [2.45, 2.75) is 0 Å². The number of hydrogen-bond acceptors (Lipinski definition) is 8. The van der Waals surface area contributed by atoms with Crippen molar-refractivity contribution in [3.8, 4) is 11.5 Å². The minimum Gasteiger partial charge on any atom is -0.500 e. The number of thiocarbonyl (C=S) groups is 1. The van der Waals surface area contributed by atoms with Crippen molar-refractivity contribution in [2.75, 3.05) is 13.7 Å². The number of ether oxygens (including phenoxy) is 1. The molecule has 1 fully saturated rings. The molecule has 0 bridgehead atoms. The van der Waals surface area contributed by atoms with E-state index in [4.69, 9.17) is 22.1 Å². The van der Waals surface area contributed by atoms with E-state index in [1.165, 1.54) is 19.3 Å². The van der Waals surface area contributed by atoms with Gasteiger partial charge in [-0.1, -0.05) is 24.0 Å². The third-order valence-corrected chi connectivity index (χ3v) is 4.34. The number of thioether (sulfide) groups is 1. The largest absolute Gasteiger partial charge is 0.500 e. The highest BCUT2D eigenvalue weighted by Crippen LogP contribution is 2.39. The molecule has 0 radical (unpaired) electrons. The molecule has 126 valence electrons. The Bertz CT molecular complexity index is 791. The van der Waals surface area contributed by atoms with Gasteiger partial charge >= 0.3 is 11.7 Å². The molecule has 1 amide bonds. The topological polar surface area (TPSA) is 130 Å². The van der Waals surface area contributed by atoms with Gasteiger partial charge in [-0.15, -0.1) is 0 Å². The standard InChI is InChI=1S/C13H10N2O7S2/c1-22-8-3-6(2-7(11(8)18)15(20)21)4-9-12(19)14(5-10(16)17)13(23)24-9/h2-4,18H,5H2,1H3,(H,16,17)/b9-4-. The quantitative estimate of drug-likeness (QED) is 0.343. The van der Waals surface area contributed by atoms with Crippen LogP contribution in [-0.2, 0) is 9.59 Å². The van der Waals surface area contributed by atoms with E-state index in [2.05, 4.69) is 0 Å². The first-order chi connectivity index (χ1) is 11.2. The SMILES string of the molecule is COc1cc(/C=C2\SC(=S)N(CC(=O)O)C2=O)cc([N+](=O)[O-])c1O. The van der Waals surface area contributed by atoms with Crippen LogP contribution in [0.2, 0.25) is 0 Å². The normalized spacial score (nSPS) is 15.9. The Morgan fingerprint density at radius 3 is 2.75 bits per heavy atom. The predicted octanol–water partition coefficient (Wildman–Crippen LogP) is 1.59. The van der Waals surface area contributed by atoms with Crippen LogP contribution in [0.1, 0.15) is 5.56 Å². The van der Waals surface area contributed by atoms with Gasteiger partial charge in [-0.2, -0.15) is 0 Å². The van der Waals surface area contributed by atoms with Crippen molar-refractivity contribution >= 4 is 51.9 Å². The zero-order valence-electron chi connectivity index (χ0n) is 12.1. The Labute approximate surface area is 144 Å². The number of nitro benzene ring substituents is 1. The number of phenols is 1. The second-order valence-electron chi connectivity index (χ2n) is 4.51. The van der Waals surface area contributed by atoms with E-state index in [0.717, 1.165) is 22.7 Å². The van der Waals surface area contributed by atoms with Crippen LogP contribution in [0.3, 0.4) is 0 Å². The number of nitrogens with zero attached hydrogens (tertiary/aromatic N) is 2. The zero-order chi connectivity index (χ0) is 18.0. The van der Waals surface area contributed by atoms with Crippen molar-refractivity contribution in [2.24, 2.45) is 0 Å². The van der Waals surface area contributed by atoms with E-state index in [9.17, 15) is 24.8 Å². The summed E-state index contributed by atoms with van der Waals surface area (Å²) in [6.07, 6.45) is 1.32. The van der Waals surface area contributed by atoms with Crippen LogP contribution in [-0.4, -0.2) is 49.9 Å². The minimum atomic E-state index is -1.21. The fourth-order valence-electron chi connectivity index (χ4n) is 1.91. The first-order valence-electron chi connectivity index (χ1n) is 6.27. The van der Waals surface area contributed by atoms with Crippen molar-refractivity contribution in [1.82, 2.24) is 4.90 Å². The van der Waals surface area contributed by atoms with Crippen molar-refractivity contribution in [3.63, 3.8) is 0 Å². The number of aromatic hydroxyl groups is 1. The summed E-state index contributed by atoms with van der Waals surface area (Å²) in [6, 6.07) is 2.38. The predicted molar refractivity (Wildman–Crippen MR) is 88.8 cm³/mol. The van der Waals surface area contributed by atoms with Crippen LogP contribution in [0, 0.1) is 10.1 Å². The van der Waals surface area contributed by atoms with Gasteiger partial charge in [0, 0.05) is 6.07 Å². The summed E-state index contributed by atoms with van der Waals surface area (Å²) >= 11 is 5.84. The molecule has 2 rings (SSSR count). The Balaban J connectivity index is 2.43. The smallest absolute Gasteiger partial charge is 0.323 e. The van der Waals surface area contributed by atoms with E-state index in [1.807, 2.05) is 0 Å². The molecule has 0 atom stereocenters. The Hall–Kier alpha value is -2.66. The maximum atomic E-state index is 12.2. The van der Waals surface area contributed by atoms with Gasteiger partial charge in [0.1, 0.15) is 10.9 Å². The molecule has 0 saturated carbocycles. The summed E-state index contributed by atoms with van der Waals surface area (Å²) in [5.74, 6) is -2.58. The van der Waals surface area contributed by atoms with Crippen LogP contribution in [0.15, 0.2) is 17.0 Å². The average molecular weight is 370 g/mol. The fraction of sp³-hybridized carbons (Fsp3) is 0.154. The number of aliphatic carboxylic acids is 1. The summed E-state index contributed by atoms with van der Waals surface area (Å²) in [4.78, 5) is 34.1. The second kappa shape index (κ2) is 6.84. The number of carboxylic acid groups (broad SMARTS) is 1. The number of carboxylic acids is 1. The van der Waals surface area contributed by atoms with Gasteiger partial charge < -0.3 is 14.9 Å². The van der Waals surface area contributed by atoms with E-state index in [-0.39, 0.29) is 20.5 Å². The first-order valence-corrected chi connectivity index (χ1v) is 7.49. The molecule has 1 aromatic rings. The number of amides is 1. The monoisotopic (exact) mass is 370 g/mol. The Morgan fingerprint density at radius 2 is 2.21 bits per heavy atom. The van der Waals surface area contributed by atoms with Gasteiger partial charge in [0.2, 0.25) is 5.75 Å². The molecule has 1 saturated heterocycles. The number of hydrogen-bond donors (Lipinski definition) is 2. The molecule has 0 spiro atoms. The van der Waals surface area contributed by atoms with Gasteiger partial charge in [0.15, 0.2) is 5.75 Å². The summed E-state index contributed by atoms with van der Waals surface area (Å²) in [7, 11) is 1.23. The highest BCUT2D eigenvalue weighted by molar-refractivity contribution is 8.26.